The van der Waals surface area contributed by atoms with Crippen molar-refractivity contribution in [1.29, 1.82) is 0 Å². The molecule has 1 fully saturated rings. The third kappa shape index (κ3) is 5.35. The monoisotopic (exact) mass is 316 g/mol. The summed E-state index contributed by atoms with van der Waals surface area (Å²) in [5.41, 5.74) is 0.677. The van der Waals surface area contributed by atoms with E-state index in [1.165, 1.54) is 38.6 Å². The maximum Gasteiger partial charge on any atom is 0.155 e. The molecular formula is C20H32N2O. The van der Waals surface area contributed by atoms with Crippen LogP contribution in [0.15, 0.2) is 30.3 Å². The third-order valence-corrected chi connectivity index (χ3v) is 5.12. The summed E-state index contributed by atoms with van der Waals surface area (Å²) >= 11 is 0. The lowest BCUT2D eigenvalue weighted by atomic mass is 9.83. The molecule has 1 aliphatic heterocycles. The van der Waals surface area contributed by atoms with Crippen LogP contribution in [0, 0.1) is 0 Å². The summed E-state index contributed by atoms with van der Waals surface area (Å²) in [7, 11) is 0. The summed E-state index contributed by atoms with van der Waals surface area (Å²) < 4.78 is 0. The lowest BCUT2D eigenvalue weighted by Crippen LogP contribution is -2.53. The van der Waals surface area contributed by atoms with Crippen LogP contribution >= 0.6 is 0 Å². The zero-order valence-corrected chi connectivity index (χ0v) is 14.8. The van der Waals surface area contributed by atoms with Gasteiger partial charge in [-0.2, -0.15) is 0 Å². The highest BCUT2D eigenvalue weighted by Crippen LogP contribution is 2.28. The Kier molecular flexibility index (Phi) is 7.10. The molecule has 1 saturated heterocycles. The molecule has 1 heterocycles. The number of carbonyl (C=O) groups is 1. The minimum absolute atomic E-state index is 0.268. The van der Waals surface area contributed by atoms with Crippen molar-refractivity contribution >= 4 is 11.5 Å². The Morgan fingerprint density at radius 2 is 1.74 bits per heavy atom. The van der Waals surface area contributed by atoms with Gasteiger partial charge in [0, 0.05) is 18.8 Å². The lowest BCUT2D eigenvalue weighted by molar-refractivity contribution is -0.122. The number of likely N-dealkylation sites (tertiary alicyclic amines) is 1. The van der Waals surface area contributed by atoms with Crippen LogP contribution in [0.5, 0.6) is 0 Å². The van der Waals surface area contributed by atoms with Crippen molar-refractivity contribution in [3.05, 3.63) is 30.3 Å². The normalized spacial score (nSPS) is 17.8. The second-order valence-corrected chi connectivity index (χ2v) is 6.89. The average molecular weight is 316 g/mol. The number of nitrogens with zero attached hydrogens (tertiary/aromatic N) is 1. The molecular weight excluding hydrogens is 284 g/mol. The topological polar surface area (TPSA) is 32.3 Å². The Hall–Kier alpha value is -1.35. The van der Waals surface area contributed by atoms with E-state index in [2.05, 4.69) is 17.1 Å². The number of para-hydroxylation sites is 1. The van der Waals surface area contributed by atoms with Gasteiger partial charge in [-0.1, -0.05) is 50.8 Å². The minimum atomic E-state index is -0.375. The number of carbonyl (C=O) groups excluding carboxylic acids is 1. The van der Waals surface area contributed by atoms with Gasteiger partial charge >= 0.3 is 0 Å². The number of rotatable bonds is 9. The van der Waals surface area contributed by atoms with Crippen molar-refractivity contribution in [2.24, 2.45) is 0 Å². The summed E-state index contributed by atoms with van der Waals surface area (Å²) in [5, 5.41) is 3.52. The molecule has 0 saturated carbocycles. The van der Waals surface area contributed by atoms with E-state index >= 15 is 0 Å². The second-order valence-electron chi connectivity index (χ2n) is 6.89. The van der Waals surface area contributed by atoms with E-state index < -0.39 is 0 Å². The SMILES string of the molecule is CCCCCCCN1CCC(Nc2ccccc2)(C(C)=O)CC1. The van der Waals surface area contributed by atoms with E-state index in [0.29, 0.717) is 0 Å². The largest absolute Gasteiger partial charge is 0.373 e. The van der Waals surface area contributed by atoms with Crippen LogP contribution in [0.25, 0.3) is 0 Å². The molecule has 0 aromatic heterocycles. The highest BCUT2D eigenvalue weighted by atomic mass is 16.1. The van der Waals surface area contributed by atoms with E-state index in [1.54, 1.807) is 6.92 Å². The van der Waals surface area contributed by atoms with Gasteiger partial charge in [0.25, 0.3) is 0 Å². The zero-order valence-electron chi connectivity index (χ0n) is 14.8. The van der Waals surface area contributed by atoms with Gasteiger partial charge in [0.2, 0.25) is 0 Å². The lowest BCUT2D eigenvalue weighted by Gasteiger charge is -2.41. The smallest absolute Gasteiger partial charge is 0.155 e. The first kappa shape index (κ1) is 18.0. The fourth-order valence-corrected chi connectivity index (χ4v) is 3.46. The molecule has 128 valence electrons. The first-order valence-electron chi connectivity index (χ1n) is 9.23. The number of nitrogens with one attached hydrogen (secondary N) is 1. The van der Waals surface area contributed by atoms with E-state index in [1.807, 2.05) is 30.3 Å². The molecule has 3 nitrogen and oxygen atoms in total. The maximum atomic E-state index is 12.3. The van der Waals surface area contributed by atoms with Crippen molar-refractivity contribution < 1.29 is 4.79 Å². The van der Waals surface area contributed by atoms with Crippen LogP contribution in [0.1, 0.15) is 58.8 Å². The first-order valence-corrected chi connectivity index (χ1v) is 9.23. The number of ketones is 1. The number of benzene rings is 1. The van der Waals surface area contributed by atoms with Crippen LogP contribution in [0.3, 0.4) is 0 Å². The van der Waals surface area contributed by atoms with E-state index in [4.69, 9.17) is 0 Å². The number of piperidine rings is 1. The number of anilines is 1. The molecule has 1 aromatic carbocycles. The predicted octanol–water partition coefficient (Wildman–Crippen LogP) is 4.49. The van der Waals surface area contributed by atoms with Crippen molar-refractivity contribution in [3.8, 4) is 0 Å². The molecule has 3 heteroatoms. The second kappa shape index (κ2) is 9.07. The summed E-state index contributed by atoms with van der Waals surface area (Å²) in [5.74, 6) is 0.268. The van der Waals surface area contributed by atoms with E-state index in [-0.39, 0.29) is 11.3 Å². The standard InChI is InChI=1S/C20H32N2O/c1-3-4-5-6-10-15-22-16-13-20(14-17-22,18(2)23)21-19-11-8-7-9-12-19/h7-9,11-12,21H,3-6,10,13-17H2,1-2H3. The summed E-state index contributed by atoms with van der Waals surface area (Å²) in [4.78, 5) is 14.8. The zero-order chi connectivity index (χ0) is 16.5. The highest BCUT2D eigenvalue weighted by Gasteiger charge is 2.38. The number of unbranched alkanes of at least 4 members (excludes halogenated alkanes) is 4. The Balaban J connectivity index is 1.82. The highest BCUT2D eigenvalue weighted by molar-refractivity contribution is 5.89. The van der Waals surface area contributed by atoms with Gasteiger partial charge in [0.05, 0.1) is 5.54 Å². The van der Waals surface area contributed by atoms with Crippen molar-refractivity contribution in [2.75, 3.05) is 25.0 Å². The van der Waals surface area contributed by atoms with Crippen LogP contribution in [0.4, 0.5) is 5.69 Å². The molecule has 1 aliphatic rings. The molecule has 0 bridgehead atoms. The van der Waals surface area contributed by atoms with Gasteiger partial charge in [-0.25, -0.2) is 0 Å². The molecule has 0 amide bonds. The molecule has 2 rings (SSSR count). The van der Waals surface area contributed by atoms with Crippen molar-refractivity contribution in [1.82, 2.24) is 4.90 Å². The summed E-state index contributed by atoms with van der Waals surface area (Å²) in [6.45, 7) is 7.21. The van der Waals surface area contributed by atoms with Crippen molar-refractivity contribution in [3.63, 3.8) is 0 Å². The molecule has 1 N–H and O–H groups in total. The molecule has 0 spiro atoms. The molecule has 1 aromatic rings. The van der Waals surface area contributed by atoms with Gasteiger partial charge in [-0.05, 0) is 44.9 Å². The predicted molar refractivity (Wildman–Crippen MR) is 97.9 cm³/mol. The Labute approximate surface area is 141 Å². The Morgan fingerprint density at radius 1 is 1.09 bits per heavy atom. The summed E-state index contributed by atoms with van der Waals surface area (Å²) in [6, 6.07) is 10.1. The quantitative estimate of drug-likeness (QED) is 0.681. The fourth-order valence-electron chi connectivity index (χ4n) is 3.46. The molecule has 0 unspecified atom stereocenters. The molecule has 23 heavy (non-hydrogen) atoms. The number of hydrogen-bond acceptors (Lipinski definition) is 3. The van der Waals surface area contributed by atoms with E-state index in [0.717, 1.165) is 31.6 Å². The molecule has 0 atom stereocenters. The van der Waals surface area contributed by atoms with Crippen molar-refractivity contribution in [2.45, 2.75) is 64.3 Å². The van der Waals surface area contributed by atoms with Gasteiger partial charge < -0.3 is 10.2 Å². The van der Waals surface area contributed by atoms with Gasteiger partial charge in [-0.3, -0.25) is 4.79 Å². The van der Waals surface area contributed by atoms with E-state index in [9.17, 15) is 4.79 Å². The fraction of sp³-hybridized carbons (Fsp3) is 0.650. The van der Waals surface area contributed by atoms with Gasteiger partial charge in [0.1, 0.15) is 0 Å². The maximum absolute atomic E-state index is 12.3. The first-order chi connectivity index (χ1) is 11.2. The van der Waals surface area contributed by atoms with Crippen LogP contribution < -0.4 is 5.32 Å². The average Bonchev–Trinajstić information content (AvgIpc) is 2.57. The summed E-state index contributed by atoms with van der Waals surface area (Å²) in [6.07, 6.45) is 8.46. The minimum Gasteiger partial charge on any atom is -0.373 e. The van der Waals surface area contributed by atoms with Gasteiger partial charge in [-0.15, -0.1) is 0 Å². The van der Waals surface area contributed by atoms with Crippen LogP contribution in [-0.4, -0.2) is 35.9 Å². The molecule has 0 radical (unpaired) electrons. The third-order valence-electron chi connectivity index (χ3n) is 5.12. The Morgan fingerprint density at radius 3 is 2.35 bits per heavy atom. The van der Waals surface area contributed by atoms with Gasteiger partial charge in [0.15, 0.2) is 5.78 Å². The molecule has 0 aliphatic carbocycles. The number of hydrogen-bond donors (Lipinski definition) is 1. The Bertz CT molecular complexity index is 464. The number of Topliss-reactive ketones (excluding diaryl/α,β-unsaturated/α-hetero) is 1. The van der Waals surface area contributed by atoms with Crippen LogP contribution in [-0.2, 0) is 4.79 Å². The van der Waals surface area contributed by atoms with Crippen LogP contribution in [0.2, 0.25) is 0 Å².